The Hall–Kier alpha value is -3.78. The zero-order valence-electron chi connectivity index (χ0n) is 18.9. The lowest BCUT2D eigenvalue weighted by Crippen LogP contribution is -2.38. The van der Waals surface area contributed by atoms with Crippen LogP contribution in [-0.4, -0.2) is 49.1 Å². The quantitative estimate of drug-likeness (QED) is 0.490. The number of hydrogen-bond donors (Lipinski definition) is 2. The maximum absolute atomic E-state index is 12.8. The molecule has 1 aromatic heterocycles. The third-order valence-corrected chi connectivity index (χ3v) is 5.00. The summed E-state index contributed by atoms with van der Waals surface area (Å²) in [7, 11) is 3.01. The summed E-state index contributed by atoms with van der Waals surface area (Å²) in [4.78, 5) is 25.4. The number of aliphatic hydroxyl groups is 1. The third kappa shape index (κ3) is 6.14. The Labute approximate surface area is 192 Å². The molecule has 0 radical (unpaired) electrons. The molecule has 33 heavy (non-hydrogen) atoms. The zero-order chi connectivity index (χ0) is 23.8. The van der Waals surface area contributed by atoms with Crippen LogP contribution in [0.25, 0.3) is 0 Å². The Balaban J connectivity index is 1.60. The molecule has 2 N–H and O–H groups in total. The first-order chi connectivity index (χ1) is 15.9. The molecule has 1 amide bonds. The van der Waals surface area contributed by atoms with Crippen molar-refractivity contribution >= 4 is 5.91 Å². The van der Waals surface area contributed by atoms with E-state index in [2.05, 4.69) is 5.32 Å². The van der Waals surface area contributed by atoms with E-state index in [4.69, 9.17) is 14.2 Å². The molecule has 1 atom stereocenters. The molecule has 3 aromatic rings. The molecule has 8 heteroatoms. The lowest BCUT2D eigenvalue weighted by molar-refractivity contribution is 0.0832. The van der Waals surface area contributed by atoms with E-state index in [0.29, 0.717) is 23.8 Å². The number of carbonyl (C=O) groups excluding carboxylic acids is 1. The first kappa shape index (κ1) is 23.9. The number of aryl methyl sites for hydroxylation is 1. The van der Waals surface area contributed by atoms with Crippen molar-refractivity contribution in [2.45, 2.75) is 19.6 Å². The highest BCUT2D eigenvalue weighted by atomic mass is 16.5. The van der Waals surface area contributed by atoms with Crippen LogP contribution in [0.5, 0.6) is 17.2 Å². The number of hydrogen-bond acceptors (Lipinski definition) is 6. The first-order valence-electron chi connectivity index (χ1n) is 10.5. The van der Waals surface area contributed by atoms with Crippen LogP contribution >= 0.6 is 0 Å². The zero-order valence-corrected chi connectivity index (χ0v) is 18.9. The highest BCUT2D eigenvalue weighted by Gasteiger charge is 2.16. The number of methoxy groups -OCH3 is 2. The molecule has 1 unspecified atom stereocenters. The molecule has 0 saturated carbocycles. The fourth-order valence-electron chi connectivity index (χ4n) is 3.34. The standard InChI is InChI=1S/C25H28N2O6/c1-17-7-4-8-18(13-17)15-27-12-6-9-20(25(27)30)24(29)26-14-19(28)16-33-23-21(31-2)10-5-11-22(23)32-3/h4-13,19,28H,14-16H2,1-3H3,(H,26,29). The fraction of sp³-hybridized carbons (Fsp3) is 0.280. The number of aromatic nitrogens is 1. The van der Waals surface area contributed by atoms with Crippen LogP contribution in [-0.2, 0) is 6.54 Å². The number of nitrogens with zero attached hydrogens (tertiary/aromatic N) is 1. The van der Waals surface area contributed by atoms with E-state index in [1.54, 1.807) is 30.5 Å². The molecule has 0 aliphatic heterocycles. The van der Waals surface area contributed by atoms with Crippen LogP contribution in [0.3, 0.4) is 0 Å². The van der Waals surface area contributed by atoms with Crippen molar-refractivity contribution in [1.82, 2.24) is 9.88 Å². The summed E-state index contributed by atoms with van der Waals surface area (Å²) in [6.07, 6.45) is 0.631. The number of pyridine rings is 1. The largest absolute Gasteiger partial charge is 0.493 e. The number of amides is 1. The Morgan fingerprint density at radius 2 is 1.76 bits per heavy atom. The van der Waals surface area contributed by atoms with Gasteiger partial charge in [-0.3, -0.25) is 9.59 Å². The number of carbonyl (C=O) groups is 1. The van der Waals surface area contributed by atoms with Gasteiger partial charge in [0.25, 0.3) is 11.5 Å². The van der Waals surface area contributed by atoms with Gasteiger partial charge in [-0.2, -0.15) is 0 Å². The Kier molecular flexibility index (Phi) is 8.10. The number of rotatable bonds is 10. The molecule has 8 nitrogen and oxygen atoms in total. The summed E-state index contributed by atoms with van der Waals surface area (Å²) in [6.45, 7) is 2.14. The second-order valence-corrected chi connectivity index (χ2v) is 7.51. The number of ether oxygens (including phenoxy) is 3. The van der Waals surface area contributed by atoms with Crippen molar-refractivity contribution < 1.29 is 24.1 Å². The molecule has 0 fully saturated rings. The Morgan fingerprint density at radius 3 is 2.42 bits per heavy atom. The average Bonchev–Trinajstić information content (AvgIpc) is 2.82. The van der Waals surface area contributed by atoms with Gasteiger partial charge in [-0.15, -0.1) is 0 Å². The van der Waals surface area contributed by atoms with Crippen LogP contribution in [0.1, 0.15) is 21.5 Å². The monoisotopic (exact) mass is 452 g/mol. The maximum Gasteiger partial charge on any atom is 0.263 e. The van der Waals surface area contributed by atoms with Gasteiger partial charge in [0, 0.05) is 12.7 Å². The number of benzene rings is 2. The van der Waals surface area contributed by atoms with E-state index < -0.39 is 17.6 Å². The van der Waals surface area contributed by atoms with E-state index in [1.807, 2.05) is 31.2 Å². The van der Waals surface area contributed by atoms with Gasteiger partial charge in [0.2, 0.25) is 5.75 Å². The summed E-state index contributed by atoms with van der Waals surface area (Å²) < 4.78 is 17.6. The van der Waals surface area contributed by atoms with Crippen molar-refractivity contribution in [3.8, 4) is 17.2 Å². The molecule has 0 aliphatic carbocycles. The molecule has 174 valence electrons. The van der Waals surface area contributed by atoms with Gasteiger partial charge < -0.3 is 29.2 Å². The smallest absolute Gasteiger partial charge is 0.263 e. The summed E-state index contributed by atoms with van der Waals surface area (Å²) in [6, 6.07) is 16.1. The highest BCUT2D eigenvalue weighted by Crippen LogP contribution is 2.36. The van der Waals surface area contributed by atoms with Crippen molar-refractivity contribution in [1.29, 1.82) is 0 Å². The lowest BCUT2D eigenvalue weighted by atomic mass is 10.1. The van der Waals surface area contributed by atoms with E-state index in [9.17, 15) is 14.7 Å². The average molecular weight is 453 g/mol. The number of para-hydroxylation sites is 1. The summed E-state index contributed by atoms with van der Waals surface area (Å²) in [5.41, 5.74) is 1.66. The number of nitrogens with one attached hydrogen (secondary N) is 1. The first-order valence-corrected chi connectivity index (χ1v) is 10.5. The minimum Gasteiger partial charge on any atom is -0.493 e. The molecule has 0 saturated heterocycles. The summed E-state index contributed by atoms with van der Waals surface area (Å²) in [5.74, 6) is 0.718. The van der Waals surface area contributed by atoms with E-state index in [-0.39, 0.29) is 18.7 Å². The van der Waals surface area contributed by atoms with Gasteiger partial charge in [-0.1, -0.05) is 35.9 Å². The fourth-order valence-corrected chi connectivity index (χ4v) is 3.34. The van der Waals surface area contributed by atoms with Crippen LogP contribution in [0.2, 0.25) is 0 Å². The predicted molar refractivity (Wildman–Crippen MR) is 124 cm³/mol. The second-order valence-electron chi connectivity index (χ2n) is 7.51. The molecule has 3 rings (SSSR count). The van der Waals surface area contributed by atoms with Gasteiger partial charge >= 0.3 is 0 Å². The Morgan fingerprint density at radius 1 is 1.06 bits per heavy atom. The van der Waals surface area contributed by atoms with E-state index in [1.165, 1.54) is 24.9 Å². The van der Waals surface area contributed by atoms with Gasteiger partial charge in [0.1, 0.15) is 18.3 Å². The van der Waals surface area contributed by atoms with Crippen molar-refractivity contribution in [2.75, 3.05) is 27.4 Å². The van der Waals surface area contributed by atoms with Crippen molar-refractivity contribution in [3.63, 3.8) is 0 Å². The van der Waals surface area contributed by atoms with Gasteiger partial charge in [0.05, 0.1) is 20.8 Å². The van der Waals surface area contributed by atoms with Crippen molar-refractivity contribution in [2.24, 2.45) is 0 Å². The van der Waals surface area contributed by atoms with Crippen LogP contribution in [0.15, 0.2) is 65.6 Å². The van der Waals surface area contributed by atoms with Gasteiger partial charge in [-0.05, 0) is 36.8 Å². The molecule has 1 heterocycles. The normalized spacial score (nSPS) is 11.5. The number of aliphatic hydroxyl groups excluding tert-OH is 1. The molecule has 0 spiro atoms. The van der Waals surface area contributed by atoms with E-state index in [0.717, 1.165) is 11.1 Å². The SMILES string of the molecule is COc1cccc(OC)c1OCC(O)CNC(=O)c1cccn(Cc2cccc(C)c2)c1=O. The van der Waals surface area contributed by atoms with Gasteiger partial charge in [0.15, 0.2) is 11.5 Å². The Bertz CT molecular complexity index is 1140. The van der Waals surface area contributed by atoms with Crippen molar-refractivity contribution in [3.05, 3.63) is 87.8 Å². The maximum atomic E-state index is 12.8. The predicted octanol–water partition coefficient (Wildman–Crippen LogP) is 2.39. The lowest BCUT2D eigenvalue weighted by Gasteiger charge is -2.17. The molecule has 2 aromatic carbocycles. The van der Waals surface area contributed by atoms with E-state index >= 15 is 0 Å². The van der Waals surface area contributed by atoms with Gasteiger partial charge in [-0.25, -0.2) is 0 Å². The minimum atomic E-state index is -1.01. The molecular weight excluding hydrogens is 424 g/mol. The van der Waals surface area contributed by atoms with Crippen LogP contribution in [0.4, 0.5) is 0 Å². The van der Waals surface area contributed by atoms with Crippen LogP contribution in [0, 0.1) is 6.92 Å². The van der Waals surface area contributed by atoms with Crippen LogP contribution < -0.4 is 25.1 Å². The summed E-state index contributed by atoms with van der Waals surface area (Å²) in [5, 5.41) is 12.9. The minimum absolute atomic E-state index is 0.00432. The highest BCUT2D eigenvalue weighted by molar-refractivity contribution is 5.93. The molecule has 0 bridgehead atoms. The summed E-state index contributed by atoms with van der Waals surface area (Å²) >= 11 is 0. The molecule has 0 aliphatic rings. The third-order valence-electron chi connectivity index (χ3n) is 5.00. The topological polar surface area (TPSA) is 99.0 Å². The molecular formula is C25H28N2O6. The second kappa shape index (κ2) is 11.2.